The van der Waals surface area contributed by atoms with Crippen molar-refractivity contribution >= 4 is 13.3 Å². The second-order valence-corrected chi connectivity index (χ2v) is 8.38. The van der Waals surface area contributed by atoms with Crippen molar-refractivity contribution in [2.75, 3.05) is 18.5 Å². The van der Waals surface area contributed by atoms with Crippen molar-refractivity contribution in [1.29, 1.82) is 0 Å². The lowest BCUT2D eigenvalue weighted by Crippen LogP contribution is -2.17. The Labute approximate surface area is 173 Å². The number of anilines is 1. The van der Waals surface area contributed by atoms with Crippen molar-refractivity contribution in [2.24, 2.45) is 0 Å². The summed E-state index contributed by atoms with van der Waals surface area (Å²) in [5.41, 5.74) is -3.82. The van der Waals surface area contributed by atoms with Gasteiger partial charge in [-0.3, -0.25) is 4.57 Å². The molecule has 0 bridgehead atoms. The Bertz CT molecular complexity index is 905. The zero-order chi connectivity index (χ0) is 23.4. The number of halogens is 7. The van der Waals surface area contributed by atoms with Gasteiger partial charge >= 0.3 is 19.9 Å². The summed E-state index contributed by atoms with van der Waals surface area (Å²) in [6, 6.07) is 5.37. The molecule has 0 spiro atoms. The molecule has 0 aromatic heterocycles. The summed E-state index contributed by atoms with van der Waals surface area (Å²) in [5, 5.41) is 2.38. The predicted octanol–water partition coefficient (Wildman–Crippen LogP) is 7.24. The van der Waals surface area contributed by atoms with E-state index in [1.54, 1.807) is 0 Å². The highest BCUT2D eigenvalue weighted by Gasteiger charge is 2.40. The summed E-state index contributed by atoms with van der Waals surface area (Å²) < 4.78 is 117. The van der Waals surface area contributed by atoms with Gasteiger partial charge in [-0.05, 0) is 49.7 Å². The molecule has 0 heterocycles. The van der Waals surface area contributed by atoms with E-state index in [4.69, 9.17) is 9.05 Å². The van der Waals surface area contributed by atoms with Gasteiger partial charge in [0.05, 0.1) is 24.3 Å². The fraction of sp³-hybridized carbons (Fsp3) is 0.368. The van der Waals surface area contributed by atoms with Crippen molar-refractivity contribution in [2.45, 2.75) is 32.0 Å². The minimum Gasteiger partial charge on any atom is -0.368 e. The zero-order valence-corrected chi connectivity index (χ0v) is 17.2. The van der Waals surface area contributed by atoms with Gasteiger partial charge in [0.15, 0.2) is 5.78 Å². The van der Waals surface area contributed by atoms with Crippen molar-refractivity contribution in [3.05, 3.63) is 65.0 Å². The van der Waals surface area contributed by atoms with Gasteiger partial charge in [-0.1, -0.05) is 12.1 Å². The highest BCUT2D eigenvalue weighted by molar-refractivity contribution is 7.54. The van der Waals surface area contributed by atoms with Gasteiger partial charge in [0.1, 0.15) is 5.82 Å². The Kier molecular flexibility index (Phi) is 7.78. The highest BCUT2D eigenvalue weighted by Crippen LogP contribution is 2.61. The van der Waals surface area contributed by atoms with Crippen LogP contribution in [0.15, 0.2) is 42.5 Å². The lowest BCUT2D eigenvalue weighted by atomic mass is 10.1. The number of hydrogen-bond donors (Lipinski definition) is 1. The first-order valence-corrected chi connectivity index (χ1v) is 10.6. The molecule has 0 aliphatic rings. The Hall–Kier alpha value is -2.10. The van der Waals surface area contributed by atoms with Crippen LogP contribution in [0.2, 0.25) is 0 Å². The molecule has 1 N–H and O–H groups in total. The van der Waals surface area contributed by atoms with Gasteiger partial charge < -0.3 is 14.4 Å². The quantitative estimate of drug-likeness (QED) is 0.324. The van der Waals surface area contributed by atoms with E-state index < -0.39 is 48.4 Å². The molecule has 0 fully saturated rings. The lowest BCUT2D eigenvalue weighted by Gasteiger charge is -2.28. The summed E-state index contributed by atoms with van der Waals surface area (Å²) in [6.45, 7) is 2.67. The standard InChI is InChI=1S/C19H19F7NO3P/c1-3-29-31(28,30-4-2)17(12-6-5-7-15(20)8-12)27-16-10-13(18(21,22)23)9-14(11-16)19(24,25)26/h5-11,17,27H,3-4H2,1-2H3. The van der Waals surface area contributed by atoms with Crippen LogP contribution in [0.3, 0.4) is 0 Å². The van der Waals surface area contributed by atoms with Crippen LogP contribution >= 0.6 is 7.60 Å². The first-order valence-electron chi connectivity index (χ1n) is 9.00. The van der Waals surface area contributed by atoms with E-state index in [1.165, 1.54) is 26.0 Å². The van der Waals surface area contributed by atoms with Crippen LogP contribution in [0.4, 0.5) is 36.4 Å². The van der Waals surface area contributed by atoms with Crippen molar-refractivity contribution in [1.82, 2.24) is 0 Å². The van der Waals surface area contributed by atoms with Crippen LogP contribution in [0, 0.1) is 5.82 Å². The number of hydrogen-bond acceptors (Lipinski definition) is 4. The normalized spacial score (nSPS) is 13.8. The lowest BCUT2D eigenvalue weighted by molar-refractivity contribution is -0.143. The van der Waals surface area contributed by atoms with Gasteiger partial charge in [0.2, 0.25) is 0 Å². The molecule has 1 unspecified atom stereocenters. The fourth-order valence-corrected chi connectivity index (χ4v) is 4.69. The first-order chi connectivity index (χ1) is 14.3. The average molecular weight is 473 g/mol. The molecular formula is C19H19F7NO3P. The van der Waals surface area contributed by atoms with Crippen LogP contribution in [-0.2, 0) is 26.0 Å². The number of rotatable bonds is 8. The maximum absolute atomic E-state index is 13.8. The molecule has 0 aliphatic carbocycles. The maximum atomic E-state index is 13.8. The zero-order valence-electron chi connectivity index (χ0n) is 16.4. The largest absolute Gasteiger partial charge is 0.416 e. The third-order valence-electron chi connectivity index (χ3n) is 3.99. The van der Waals surface area contributed by atoms with E-state index in [2.05, 4.69) is 5.32 Å². The second-order valence-electron chi connectivity index (χ2n) is 6.27. The molecule has 0 amide bonds. The molecule has 2 aromatic rings. The molecule has 0 aliphatic heterocycles. The van der Waals surface area contributed by atoms with Gasteiger partial charge in [0, 0.05) is 5.69 Å². The van der Waals surface area contributed by atoms with Crippen LogP contribution in [0.1, 0.15) is 36.3 Å². The van der Waals surface area contributed by atoms with Gasteiger partial charge in [-0.15, -0.1) is 0 Å². The van der Waals surface area contributed by atoms with Crippen molar-refractivity contribution < 1.29 is 44.3 Å². The van der Waals surface area contributed by atoms with Gasteiger partial charge in [-0.25, -0.2) is 4.39 Å². The Morgan fingerprint density at radius 1 is 0.903 bits per heavy atom. The molecule has 12 heteroatoms. The molecule has 0 saturated carbocycles. The third kappa shape index (κ3) is 6.44. The topological polar surface area (TPSA) is 47.6 Å². The van der Waals surface area contributed by atoms with E-state index in [1.807, 2.05) is 0 Å². The monoisotopic (exact) mass is 473 g/mol. The van der Waals surface area contributed by atoms with Gasteiger partial charge in [-0.2, -0.15) is 26.3 Å². The van der Waals surface area contributed by atoms with Crippen LogP contribution in [0.25, 0.3) is 0 Å². The van der Waals surface area contributed by atoms with Crippen LogP contribution < -0.4 is 5.32 Å². The van der Waals surface area contributed by atoms with E-state index in [0.29, 0.717) is 12.1 Å². The summed E-state index contributed by atoms with van der Waals surface area (Å²) in [5.74, 6) is -2.34. The highest BCUT2D eigenvalue weighted by atomic mass is 31.2. The molecule has 0 radical (unpaired) electrons. The molecule has 2 rings (SSSR count). The molecule has 172 valence electrons. The van der Waals surface area contributed by atoms with E-state index in [0.717, 1.165) is 12.1 Å². The number of nitrogens with one attached hydrogen (secondary N) is 1. The third-order valence-corrected chi connectivity index (χ3v) is 6.29. The molecule has 2 aromatic carbocycles. The molecule has 4 nitrogen and oxygen atoms in total. The average Bonchev–Trinajstić information content (AvgIpc) is 2.65. The molecular weight excluding hydrogens is 454 g/mol. The van der Waals surface area contributed by atoms with Crippen molar-refractivity contribution in [3.8, 4) is 0 Å². The minimum atomic E-state index is -5.07. The number of benzene rings is 2. The van der Waals surface area contributed by atoms with Crippen LogP contribution in [0.5, 0.6) is 0 Å². The van der Waals surface area contributed by atoms with E-state index >= 15 is 0 Å². The summed E-state index contributed by atoms with van der Waals surface area (Å²) in [7, 11) is -4.19. The summed E-state index contributed by atoms with van der Waals surface area (Å²) in [6.07, 6.45) is -10.1. The van der Waals surface area contributed by atoms with E-state index in [-0.39, 0.29) is 24.8 Å². The fourth-order valence-electron chi connectivity index (χ4n) is 2.76. The second kappa shape index (κ2) is 9.58. The maximum Gasteiger partial charge on any atom is 0.416 e. The smallest absolute Gasteiger partial charge is 0.368 e. The molecule has 1 atom stereocenters. The predicted molar refractivity (Wildman–Crippen MR) is 100 cm³/mol. The molecule has 0 saturated heterocycles. The minimum absolute atomic E-state index is 0.0347. The molecule has 31 heavy (non-hydrogen) atoms. The Morgan fingerprint density at radius 3 is 1.84 bits per heavy atom. The van der Waals surface area contributed by atoms with Gasteiger partial charge in [0.25, 0.3) is 0 Å². The first kappa shape index (κ1) is 25.2. The number of alkyl halides is 6. The summed E-state index contributed by atoms with van der Waals surface area (Å²) in [4.78, 5) is 0. The Balaban J connectivity index is 2.65. The van der Waals surface area contributed by atoms with Crippen molar-refractivity contribution in [3.63, 3.8) is 0 Å². The van der Waals surface area contributed by atoms with E-state index in [9.17, 15) is 35.3 Å². The van der Waals surface area contributed by atoms with Crippen LogP contribution in [-0.4, -0.2) is 13.2 Å². The summed E-state index contributed by atoms with van der Waals surface area (Å²) >= 11 is 0. The Morgan fingerprint density at radius 2 is 1.42 bits per heavy atom. The SMILES string of the molecule is CCOP(=O)(OCC)C(Nc1cc(C(F)(F)F)cc(C(F)(F)F)c1)c1cccc(F)c1.